The van der Waals surface area contributed by atoms with Crippen LogP contribution < -0.4 is 55.3 Å². The van der Waals surface area contributed by atoms with E-state index in [0.29, 0.717) is 12.0 Å². The molecule has 7 atom stereocenters. The third-order valence-electron chi connectivity index (χ3n) is 9.01. The van der Waals surface area contributed by atoms with E-state index in [1.807, 2.05) is 0 Å². The lowest BCUT2D eigenvalue weighted by Gasteiger charge is -2.30. The van der Waals surface area contributed by atoms with E-state index >= 15 is 0 Å². The van der Waals surface area contributed by atoms with Gasteiger partial charge in [0.25, 0.3) is 0 Å². The predicted octanol–water partition coefficient (Wildman–Crippen LogP) is -6.13. The Bertz CT molecular complexity index is 1670. The molecule has 1 aromatic rings. The Balaban J connectivity index is 2.19. The summed E-state index contributed by atoms with van der Waals surface area (Å²) in [5.41, 5.74) is 27.5. The van der Waals surface area contributed by atoms with Crippen LogP contribution in [0.15, 0.2) is 34.3 Å². The molecular formula is C35H57N13O11. The molecule has 6 amide bonds. The van der Waals surface area contributed by atoms with Crippen LogP contribution in [-0.4, -0.2) is 154 Å². The molecule has 0 radical (unpaired) electrons. The minimum atomic E-state index is -1.66. The number of amides is 6. The maximum absolute atomic E-state index is 14.0. The van der Waals surface area contributed by atoms with Crippen LogP contribution in [0.3, 0.4) is 0 Å². The highest BCUT2D eigenvalue weighted by atomic mass is 16.4. The summed E-state index contributed by atoms with van der Waals surface area (Å²) in [4.78, 5) is 100. The van der Waals surface area contributed by atoms with Crippen LogP contribution in [-0.2, 0) is 40.0 Å². The van der Waals surface area contributed by atoms with Gasteiger partial charge < -0.3 is 80.6 Å². The van der Waals surface area contributed by atoms with Crippen molar-refractivity contribution in [1.82, 2.24) is 31.5 Å². The largest absolute Gasteiger partial charge is 0.508 e. The van der Waals surface area contributed by atoms with Gasteiger partial charge in [-0.2, -0.15) is 0 Å². The molecular weight excluding hydrogens is 778 g/mol. The number of guanidine groups is 2. The second kappa shape index (κ2) is 24.5. The SMILES string of the molecule is C[C@@H](O)[C@H](NC(=O)CNC(=O)[C@H](Cc1ccc(O)cc1)NC(=O)[C@@H](N)CO)C(=O)N[C@@H](CCCN=C(N)N)C(=O)N1CCC[C@H]1C(=O)N[C@@H](CCCN=C(N)N)C(=O)O. The monoisotopic (exact) mass is 835 g/mol. The number of carboxylic acids is 1. The number of carbonyl (C=O) groups is 7. The number of aromatic hydroxyl groups is 1. The molecule has 0 spiro atoms. The predicted molar refractivity (Wildman–Crippen MR) is 211 cm³/mol. The summed E-state index contributed by atoms with van der Waals surface area (Å²) < 4.78 is 0. The van der Waals surface area contributed by atoms with Gasteiger partial charge in [0.1, 0.15) is 42.0 Å². The molecule has 24 heteroatoms. The molecule has 1 aliphatic rings. The van der Waals surface area contributed by atoms with Crippen LogP contribution in [0.1, 0.15) is 51.0 Å². The molecule has 1 aromatic carbocycles. The average Bonchev–Trinajstić information content (AvgIpc) is 3.68. The number of nitrogens with one attached hydrogen (secondary N) is 5. The van der Waals surface area contributed by atoms with Crippen molar-refractivity contribution < 1.29 is 54.0 Å². The molecule has 0 bridgehead atoms. The number of rotatable bonds is 24. The molecule has 59 heavy (non-hydrogen) atoms. The van der Waals surface area contributed by atoms with E-state index in [2.05, 4.69) is 36.6 Å². The Morgan fingerprint density at radius 3 is 1.95 bits per heavy atom. The lowest BCUT2D eigenvalue weighted by Crippen LogP contribution is -2.60. The highest BCUT2D eigenvalue weighted by Gasteiger charge is 2.40. The number of aliphatic hydroxyl groups is 2. The van der Waals surface area contributed by atoms with E-state index in [0.717, 1.165) is 0 Å². The number of carbonyl (C=O) groups excluding carboxylic acids is 6. The second-order valence-electron chi connectivity index (χ2n) is 13.8. The number of nitrogens with zero attached hydrogens (tertiary/aromatic N) is 3. The maximum atomic E-state index is 14.0. The van der Waals surface area contributed by atoms with Gasteiger partial charge in [-0.1, -0.05) is 12.1 Å². The van der Waals surface area contributed by atoms with E-state index < -0.39 is 96.9 Å². The minimum Gasteiger partial charge on any atom is -0.508 e. The minimum absolute atomic E-state index is 0.00554. The van der Waals surface area contributed by atoms with Crippen molar-refractivity contribution in [1.29, 1.82) is 0 Å². The van der Waals surface area contributed by atoms with Gasteiger partial charge in [0.05, 0.1) is 19.3 Å². The summed E-state index contributed by atoms with van der Waals surface area (Å²) in [6.45, 7) is 0.0315. The summed E-state index contributed by atoms with van der Waals surface area (Å²) >= 11 is 0. The quantitative estimate of drug-likeness (QED) is 0.0262. The van der Waals surface area contributed by atoms with E-state index in [9.17, 15) is 54.0 Å². The molecule has 19 N–H and O–H groups in total. The standard InChI is InChI=1S/C35H57N13O11/c1-18(50)27(47-26(52)16-43-29(54)24(46-28(53)21(36)17-49)15-19-8-10-20(51)11-9-19)31(56)44-22(5-2-12-41-34(37)38)32(57)48-14-4-7-25(48)30(55)45-23(33(58)59)6-3-13-42-35(39)40/h8-11,18,21-25,27,49-51H,2-7,12-17,36H2,1H3,(H,43,54)(H,44,56)(H,45,55)(H,46,53)(H,47,52)(H,58,59)(H4,37,38,41)(H4,39,40,42)/t18-,21+,22+,23+,24+,25+,27+/m1/s1. The smallest absolute Gasteiger partial charge is 0.326 e. The van der Waals surface area contributed by atoms with Gasteiger partial charge in [-0.3, -0.25) is 38.8 Å². The van der Waals surface area contributed by atoms with Crippen molar-refractivity contribution >= 4 is 53.3 Å². The lowest BCUT2D eigenvalue weighted by atomic mass is 10.0. The zero-order chi connectivity index (χ0) is 44.2. The lowest BCUT2D eigenvalue weighted by molar-refractivity contribution is -0.145. The number of phenolic OH excluding ortho intramolecular Hbond substituents is 1. The normalized spacial score (nSPS) is 16.5. The first kappa shape index (κ1) is 48.9. The van der Waals surface area contributed by atoms with Gasteiger partial charge in [-0.05, 0) is 63.1 Å². The summed E-state index contributed by atoms with van der Waals surface area (Å²) in [6.07, 6.45) is -0.716. The number of nitrogens with two attached hydrogens (primary N) is 5. The summed E-state index contributed by atoms with van der Waals surface area (Å²) in [7, 11) is 0. The van der Waals surface area contributed by atoms with Crippen LogP contribution in [0.2, 0.25) is 0 Å². The first-order valence-electron chi connectivity index (χ1n) is 18.8. The third kappa shape index (κ3) is 17.0. The number of hydrogen-bond acceptors (Lipinski definition) is 13. The molecule has 328 valence electrons. The Morgan fingerprint density at radius 2 is 1.41 bits per heavy atom. The van der Waals surface area contributed by atoms with E-state index in [1.165, 1.54) is 36.1 Å². The van der Waals surface area contributed by atoms with Crippen molar-refractivity contribution in [3.05, 3.63) is 29.8 Å². The number of likely N-dealkylation sites (tertiary alicyclic amines) is 1. The number of hydrogen-bond donors (Lipinski definition) is 14. The Hall–Kier alpha value is -6.27. The van der Waals surface area contributed by atoms with Crippen molar-refractivity contribution in [3.8, 4) is 5.75 Å². The van der Waals surface area contributed by atoms with E-state index in [-0.39, 0.29) is 75.8 Å². The summed E-state index contributed by atoms with van der Waals surface area (Å²) in [5.74, 6) is -6.82. The first-order chi connectivity index (χ1) is 27.8. The van der Waals surface area contributed by atoms with Crippen molar-refractivity contribution in [2.45, 2.75) is 94.2 Å². The van der Waals surface area contributed by atoms with Gasteiger partial charge in [0.2, 0.25) is 35.4 Å². The van der Waals surface area contributed by atoms with Gasteiger partial charge >= 0.3 is 5.97 Å². The number of aliphatic hydroxyl groups excluding tert-OH is 2. The third-order valence-corrected chi connectivity index (χ3v) is 9.01. The molecule has 2 rings (SSSR count). The zero-order valence-corrected chi connectivity index (χ0v) is 32.7. The van der Waals surface area contributed by atoms with E-state index in [1.54, 1.807) is 0 Å². The number of aliphatic carboxylic acids is 1. The molecule has 0 aliphatic carbocycles. The van der Waals surface area contributed by atoms with Crippen molar-refractivity contribution in [2.75, 3.05) is 32.8 Å². The fourth-order valence-electron chi connectivity index (χ4n) is 5.91. The Kier molecular flexibility index (Phi) is 20.3. The first-order valence-corrected chi connectivity index (χ1v) is 18.8. The maximum Gasteiger partial charge on any atom is 0.326 e. The zero-order valence-electron chi connectivity index (χ0n) is 32.7. The van der Waals surface area contributed by atoms with Crippen LogP contribution >= 0.6 is 0 Å². The number of benzene rings is 1. The Morgan fingerprint density at radius 1 is 0.831 bits per heavy atom. The fraction of sp³-hybridized carbons (Fsp3) is 0.571. The van der Waals surface area contributed by atoms with E-state index in [4.69, 9.17) is 28.7 Å². The highest BCUT2D eigenvalue weighted by Crippen LogP contribution is 2.21. The van der Waals surface area contributed by atoms with Crippen LogP contribution in [0.25, 0.3) is 0 Å². The van der Waals surface area contributed by atoms with Crippen molar-refractivity contribution in [3.63, 3.8) is 0 Å². The van der Waals surface area contributed by atoms with Gasteiger partial charge in [-0.25, -0.2) is 4.79 Å². The molecule has 1 aliphatic heterocycles. The van der Waals surface area contributed by atoms with Gasteiger partial charge in [0.15, 0.2) is 11.9 Å². The van der Waals surface area contributed by atoms with Crippen LogP contribution in [0.4, 0.5) is 0 Å². The highest BCUT2D eigenvalue weighted by molar-refractivity contribution is 5.96. The molecule has 24 nitrogen and oxygen atoms in total. The fourth-order valence-corrected chi connectivity index (χ4v) is 5.91. The molecule has 1 heterocycles. The number of phenols is 1. The van der Waals surface area contributed by atoms with Crippen LogP contribution in [0.5, 0.6) is 5.75 Å². The second-order valence-corrected chi connectivity index (χ2v) is 13.8. The summed E-state index contributed by atoms with van der Waals surface area (Å²) in [6, 6.07) is -2.29. The van der Waals surface area contributed by atoms with Crippen LogP contribution in [0, 0.1) is 0 Å². The van der Waals surface area contributed by atoms with Gasteiger partial charge in [-0.15, -0.1) is 0 Å². The topological polar surface area (TPSA) is 419 Å². The van der Waals surface area contributed by atoms with Gasteiger partial charge in [0, 0.05) is 26.1 Å². The molecule has 1 saturated heterocycles. The molecule has 0 saturated carbocycles. The average molecular weight is 836 g/mol. The molecule has 1 fully saturated rings. The number of carboxylic acid groups (broad SMARTS) is 1. The van der Waals surface area contributed by atoms with Crippen molar-refractivity contribution in [2.24, 2.45) is 38.7 Å². The Labute approximate surface area is 339 Å². The number of aliphatic imine (C=N–C) groups is 2. The summed E-state index contributed by atoms with van der Waals surface area (Å²) in [5, 5.41) is 51.1. The molecule has 0 unspecified atom stereocenters. The molecule has 0 aromatic heterocycles.